The number of nitrogens with zero attached hydrogens (tertiary/aromatic N) is 2. The maximum Gasteiger partial charge on any atom is 0.407 e. The molecule has 0 fully saturated rings. The smallest absolute Gasteiger partial charge is 0.407 e. The van der Waals surface area contributed by atoms with Gasteiger partial charge in [-0.1, -0.05) is 20.8 Å². The Balaban J connectivity index is 1.93. The maximum atomic E-state index is 12.9. The summed E-state index contributed by atoms with van der Waals surface area (Å²) in [5.41, 5.74) is 1.18. The van der Waals surface area contributed by atoms with Crippen LogP contribution in [0.15, 0.2) is 35.4 Å². The number of nitrogens with one attached hydrogen (secondary N) is 1. The van der Waals surface area contributed by atoms with Crippen molar-refractivity contribution >= 4 is 27.8 Å². The van der Waals surface area contributed by atoms with Crippen LogP contribution in [0.4, 0.5) is 4.79 Å². The van der Waals surface area contributed by atoms with Crippen LogP contribution in [0.5, 0.6) is 5.75 Å². The SMILES string of the molecule is CCc1cc2c3ccncc3c(=O)n(C)c2cc1OC[C@H](CC(C)C)NC(=O)OC(C)(C)C. The molecule has 0 saturated carbocycles. The van der Waals surface area contributed by atoms with Crippen LogP contribution >= 0.6 is 0 Å². The van der Waals surface area contributed by atoms with Gasteiger partial charge in [-0.3, -0.25) is 9.78 Å². The van der Waals surface area contributed by atoms with Gasteiger partial charge in [-0.25, -0.2) is 4.79 Å². The first-order valence-electron chi connectivity index (χ1n) is 11.5. The number of aryl methyl sites for hydroxylation is 2. The molecule has 0 spiro atoms. The van der Waals surface area contributed by atoms with Crippen LogP contribution in [0.2, 0.25) is 0 Å². The van der Waals surface area contributed by atoms with E-state index in [0.717, 1.165) is 34.7 Å². The van der Waals surface area contributed by atoms with Crippen molar-refractivity contribution in [3.05, 3.63) is 46.5 Å². The summed E-state index contributed by atoms with van der Waals surface area (Å²) in [6.45, 7) is 12.1. The Morgan fingerprint density at radius 1 is 1.18 bits per heavy atom. The van der Waals surface area contributed by atoms with Gasteiger partial charge < -0.3 is 19.4 Å². The zero-order valence-electron chi connectivity index (χ0n) is 20.7. The molecule has 0 saturated heterocycles. The van der Waals surface area contributed by atoms with Crippen LogP contribution in [-0.2, 0) is 18.2 Å². The molecule has 33 heavy (non-hydrogen) atoms. The summed E-state index contributed by atoms with van der Waals surface area (Å²) < 4.78 is 13.3. The topological polar surface area (TPSA) is 82.5 Å². The summed E-state index contributed by atoms with van der Waals surface area (Å²) in [7, 11) is 1.76. The number of aromatic nitrogens is 2. The molecule has 0 aliphatic heterocycles. The monoisotopic (exact) mass is 453 g/mol. The first-order chi connectivity index (χ1) is 15.5. The lowest BCUT2D eigenvalue weighted by Crippen LogP contribution is -2.42. The van der Waals surface area contributed by atoms with Gasteiger partial charge in [0.05, 0.1) is 16.9 Å². The number of hydrogen-bond donors (Lipinski definition) is 1. The fourth-order valence-electron chi connectivity index (χ4n) is 4.01. The van der Waals surface area contributed by atoms with E-state index in [0.29, 0.717) is 23.7 Å². The van der Waals surface area contributed by atoms with Crippen molar-refractivity contribution in [2.75, 3.05) is 6.61 Å². The standard InChI is InChI=1S/C26H35N3O4/c1-8-17-12-20-19-9-10-27-14-21(19)24(30)29(7)22(20)13-23(17)32-15-18(11-16(2)3)28-25(31)33-26(4,5)6/h9-10,12-14,16,18H,8,11,15H2,1-7H3,(H,28,31)/t18-/m0/s1. The van der Waals surface area contributed by atoms with Crippen LogP contribution < -0.4 is 15.6 Å². The molecule has 1 atom stereocenters. The van der Waals surface area contributed by atoms with E-state index in [1.54, 1.807) is 24.0 Å². The molecule has 2 aromatic heterocycles. The number of carbonyl (C=O) groups excluding carboxylic acids is 1. The Bertz CT molecular complexity index is 1210. The summed E-state index contributed by atoms with van der Waals surface area (Å²) in [5.74, 6) is 1.09. The molecule has 0 aliphatic rings. The lowest BCUT2D eigenvalue weighted by Gasteiger charge is -2.25. The molecule has 178 valence electrons. The van der Waals surface area contributed by atoms with Crippen LogP contribution in [0.1, 0.15) is 53.5 Å². The van der Waals surface area contributed by atoms with Crippen molar-refractivity contribution in [3.8, 4) is 5.75 Å². The van der Waals surface area contributed by atoms with Crippen molar-refractivity contribution in [3.63, 3.8) is 0 Å². The quantitative estimate of drug-likeness (QED) is 0.511. The number of amides is 1. The summed E-state index contributed by atoms with van der Waals surface area (Å²) >= 11 is 0. The molecule has 3 rings (SSSR count). The van der Waals surface area contributed by atoms with E-state index in [-0.39, 0.29) is 11.6 Å². The number of pyridine rings is 2. The maximum absolute atomic E-state index is 12.9. The molecule has 2 heterocycles. The largest absolute Gasteiger partial charge is 0.491 e. The number of rotatable bonds is 7. The zero-order chi connectivity index (χ0) is 24.3. The minimum absolute atomic E-state index is 0.0925. The first-order valence-corrected chi connectivity index (χ1v) is 11.5. The fourth-order valence-corrected chi connectivity index (χ4v) is 4.01. The van der Waals surface area contributed by atoms with E-state index in [1.807, 2.05) is 32.9 Å². The Kier molecular flexibility index (Phi) is 7.30. The van der Waals surface area contributed by atoms with Crippen LogP contribution in [0.25, 0.3) is 21.7 Å². The Hall–Kier alpha value is -3.09. The second-order valence-corrected chi connectivity index (χ2v) is 9.90. The zero-order valence-corrected chi connectivity index (χ0v) is 20.7. The molecule has 1 aromatic carbocycles. The van der Waals surface area contributed by atoms with Gasteiger partial charge in [0.15, 0.2) is 0 Å². The molecule has 3 aromatic rings. The van der Waals surface area contributed by atoms with E-state index in [2.05, 4.69) is 37.1 Å². The second kappa shape index (κ2) is 9.81. The van der Waals surface area contributed by atoms with Crippen molar-refractivity contribution < 1.29 is 14.3 Å². The third-order valence-electron chi connectivity index (χ3n) is 5.48. The number of hydrogen-bond acceptors (Lipinski definition) is 5. The van der Waals surface area contributed by atoms with E-state index < -0.39 is 11.7 Å². The summed E-state index contributed by atoms with van der Waals surface area (Å²) in [6.07, 6.45) is 4.40. The third-order valence-corrected chi connectivity index (χ3v) is 5.48. The summed E-state index contributed by atoms with van der Waals surface area (Å²) in [5, 5.41) is 5.42. The summed E-state index contributed by atoms with van der Waals surface area (Å²) in [6, 6.07) is 5.69. The molecule has 1 amide bonds. The molecule has 0 aliphatic carbocycles. The lowest BCUT2D eigenvalue weighted by molar-refractivity contribution is 0.0480. The van der Waals surface area contributed by atoms with E-state index in [9.17, 15) is 9.59 Å². The van der Waals surface area contributed by atoms with Gasteiger partial charge in [-0.15, -0.1) is 0 Å². The summed E-state index contributed by atoms with van der Waals surface area (Å²) in [4.78, 5) is 29.3. The van der Waals surface area contributed by atoms with Gasteiger partial charge in [0.2, 0.25) is 0 Å². The fraction of sp³-hybridized carbons (Fsp3) is 0.500. The minimum Gasteiger partial charge on any atom is -0.491 e. The highest BCUT2D eigenvalue weighted by Gasteiger charge is 2.21. The average molecular weight is 454 g/mol. The van der Waals surface area contributed by atoms with Gasteiger partial charge in [0.25, 0.3) is 5.56 Å². The molecule has 0 radical (unpaired) electrons. The Morgan fingerprint density at radius 2 is 1.91 bits per heavy atom. The van der Waals surface area contributed by atoms with Crippen molar-refractivity contribution in [1.82, 2.24) is 14.9 Å². The molecule has 7 nitrogen and oxygen atoms in total. The highest BCUT2D eigenvalue weighted by molar-refractivity contribution is 6.05. The number of carbonyl (C=O) groups is 1. The Morgan fingerprint density at radius 3 is 2.55 bits per heavy atom. The van der Waals surface area contributed by atoms with Gasteiger partial charge in [0, 0.05) is 30.9 Å². The van der Waals surface area contributed by atoms with E-state index in [4.69, 9.17) is 9.47 Å². The van der Waals surface area contributed by atoms with Gasteiger partial charge in [0.1, 0.15) is 18.0 Å². The molecule has 1 N–H and O–H groups in total. The third kappa shape index (κ3) is 5.83. The van der Waals surface area contributed by atoms with E-state index >= 15 is 0 Å². The average Bonchev–Trinajstić information content (AvgIpc) is 2.73. The highest BCUT2D eigenvalue weighted by atomic mass is 16.6. The Labute approximate surface area is 195 Å². The number of fused-ring (bicyclic) bond motifs is 3. The predicted octanol–water partition coefficient (Wildman–Crippen LogP) is 4.97. The van der Waals surface area contributed by atoms with Crippen LogP contribution in [-0.4, -0.2) is 33.9 Å². The molecular weight excluding hydrogens is 418 g/mol. The highest BCUT2D eigenvalue weighted by Crippen LogP contribution is 2.30. The predicted molar refractivity (Wildman–Crippen MR) is 132 cm³/mol. The van der Waals surface area contributed by atoms with Crippen LogP contribution in [0.3, 0.4) is 0 Å². The molecular formula is C26H35N3O4. The van der Waals surface area contributed by atoms with Crippen molar-refractivity contribution in [2.45, 2.75) is 66.0 Å². The normalized spacial score (nSPS) is 12.8. The number of ether oxygens (including phenoxy) is 2. The van der Waals surface area contributed by atoms with Gasteiger partial charge in [-0.05, 0) is 62.6 Å². The molecule has 7 heteroatoms. The lowest BCUT2D eigenvalue weighted by atomic mass is 10.0. The molecule has 0 bridgehead atoms. The van der Waals surface area contributed by atoms with Gasteiger partial charge in [-0.2, -0.15) is 0 Å². The first kappa shape index (κ1) is 24.6. The van der Waals surface area contributed by atoms with Gasteiger partial charge >= 0.3 is 6.09 Å². The van der Waals surface area contributed by atoms with Crippen molar-refractivity contribution in [1.29, 1.82) is 0 Å². The van der Waals surface area contributed by atoms with E-state index in [1.165, 1.54) is 0 Å². The minimum atomic E-state index is -0.565. The number of alkyl carbamates (subject to hydrolysis) is 1. The van der Waals surface area contributed by atoms with Crippen molar-refractivity contribution in [2.24, 2.45) is 13.0 Å². The van der Waals surface area contributed by atoms with Crippen LogP contribution in [0, 0.1) is 5.92 Å². The number of benzene rings is 1. The second-order valence-electron chi connectivity index (χ2n) is 9.90. The molecule has 0 unspecified atom stereocenters.